The summed E-state index contributed by atoms with van der Waals surface area (Å²) in [5.74, 6) is -0.587. The molecular weight excluding hydrogens is 384 g/mol. The summed E-state index contributed by atoms with van der Waals surface area (Å²) in [7, 11) is -3.19. The predicted octanol–water partition coefficient (Wildman–Crippen LogP) is 0.969. The Kier molecular flexibility index (Phi) is 6.42. The van der Waals surface area contributed by atoms with Crippen LogP contribution in [0, 0.1) is 11.3 Å². The molecule has 10 heteroatoms. The molecule has 2 atom stereocenters. The molecule has 0 bridgehead atoms. The zero-order valence-corrected chi connectivity index (χ0v) is 17.9. The lowest BCUT2D eigenvalue weighted by Crippen LogP contribution is -2.53. The molecule has 1 unspecified atom stereocenters. The molecule has 0 aromatic carbocycles. The molecule has 2 rings (SSSR count). The van der Waals surface area contributed by atoms with E-state index in [9.17, 15) is 18.0 Å². The van der Waals surface area contributed by atoms with Crippen molar-refractivity contribution in [3.05, 3.63) is 11.4 Å². The van der Waals surface area contributed by atoms with Crippen molar-refractivity contribution in [2.75, 3.05) is 31.6 Å². The van der Waals surface area contributed by atoms with Crippen LogP contribution >= 0.6 is 0 Å². The standard InChI is InChI=1S/C18H30N4O5S/c1-12-8-20-14(10-21(12)17(24)27-18(2,3)4)15(7-19)22-9-13(6-16(22)23)11-28(5,25)26/h7,12-13,19-20H,6,8-11H2,1-5H3/b15-14+,19-7?/t12-,13?/m0/s1. The summed E-state index contributed by atoms with van der Waals surface area (Å²) >= 11 is 0. The molecule has 2 heterocycles. The highest BCUT2D eigenvalue weighted by Gasteiger charge is 2.36. The third kappa shape index (κ3) is 5.70. The first kappa shape index (κ1) is 22.2. The molecule has 2 fully saturated rings. The summed E-state index contributed by atoms with van der Waals surface area (Å²) in [5, 5.41) is 11.0. The molecule has 0 aromatic heterocycles. The Hall–Kier alpha value is -2.10. The molecule has 0 spiro atoms. The molecule has 158 valence electrons. The minimum atomic E-state index is -3.19. The van der Waals surface area contributed by atoms with Crippen LogP contribution in [0.3, 0.4) is 0 Å². The number of hydrogen-bond donors (Lipinski definition) is 2. The number of rotatable bonds is 4. The number of ether oxygens (including phenoxy) is 1. The molecule has 2 N–H and O–H groups in total. The monoisotopic (exact) mass is 414 g/mol. The van der Waals surface area contributed by atoms with Crippen LogP contribution in [0.15, 0.2) is 11.4 Å². The van der Waals surface area contributed by atoms with Crippen molar-refractivity contribution in [1.82, 2.24) is 15.1 Å². The van der Waals surface area contributed by atoms with Crippen molar-refractivity contribution in [2.45, 2.75) is 45.8 Å². The second-order valence-corrected chi connectivity index (χ2v) is 10.7. The topological polar surface area (TPSA) is 120 Å². The van der Waals surface area contributed by atoms with Crippen molar-refractivity contribution >= 4 is 28.1 Å². The van der Waals surface area contributed by atoms with Gasteiger partial charge in [0.25, 0.3) is 0 Å². The number of hydrogen-bond acceptors (Lipinski definition) is 7. The highest BCUT2D eigenvalue weighted by molar-refractivity contribution is 7.90. The van der Waals surface area contributed by atoms with Gasteiger partial charge in [-0.05, 0) is 33.6 Å². The quantitative estimate of drug-likeness (QED) is 0.662. The molecule has 0 aliphatic carbocycles. The summed E-state index contributed by atoms with van der Waals surface area (Å²) in [6, 6.07) is -0.113. The van der Waals surface area contributed by atoms with Gasteiger partial charge >= 0.3 is 6.09 Å². The van der Waals surface area contributed by atoms with Gasteiger partial charge in [0.05, 0.1) is 23.7 Å². The van der Waals surface area contributed by atoms with Crippen LogP contribution in [-0.4, -0.2) is 79.7 Å². The summed E-state index contributed by atoms with van der Waals surface area (Å²) in [4.78, 5) is 28.0. The van der Waals surface area contributed by atoms with Gasteiger partial charge in [0.2, 0.25) is 5.91 Å². The maximum Gasteiger partial charge on any atom is 0.410 e. The molecular formula is C18H30N4O5S. The van der Waals surface area contributed by atoms with E-state index in [2.05, 4.69) is 5.32 Å². The van der Waals surface area contributed by atoms with Crippen LogP contribution in [-0.2, 0) is 19.4 Å². The molecule has 9 nitrogen and oxygen atoms in total. The highest BCUT2D eigenvalue weighted by Crippen LogP contribution is 2.25. The SMILES string of the molecule is C[C@H]1CN/C(=C(\C=N)N2CC(CS(C)(=O)=O)CC2=O)CN1C(=O)OC(C)(C)C. The first-order valence-electron chi connectivity index (χ1n) is 9.26. The van der Waals surface area contributed by atoms with Crippen molar-refractivity contribution in [3.63, 3.8) is 0 Å². The molecule has 28 heavy (non-hydrogen) atoms. The number of carbonyl (C=O) groups is 2. The van der Waals surface area contributed by atoms with E-state index in [-0.39, 0.29) is 43.1 Å². The van der Waals surface area contributed by atoms with Crippen molar-refractivity contribution in [1.29, 1.82) is 5.41 Å². The average Bonchev–Trinajstić information content (AvgIpc) is 2.86. The van der Waals surface area contributed by atoms with Gasteiger partial charge in [0.1, 0.15) is 15.4 Å². The summed E-state index contributed by atoms with van der Waals surface area (Å²) < 4.78 is 28.6. The predicted molar refractivity (Wildman–Crippen MR) is 106 cm³/mol. The number of carbonyl (C=O) groups excluding carboxylic acids is 2. The third-order valence-corrected chi connectivity index (χ3v) is 5.66. The normalized spacial score (nSPS) is 25.4. The fourth-order valence-electron chi connectivity index (χ4n) is 3.38. The minimum Gasteiger partial charge on any atom is -0.444 e. The molecule has 2 aliphatic rings. The summed E-state index contributed by atoms with van der Waals surface area (Å²) in [6.45, 7) is 8.15. The highest BCUT2D eigenvalue weighted by atomic mass is 32.2. The average molecular weight is 415 g/mol. The van der Waals surface area contributed by atoms with Crippen molar-refractivity contribution < 1.29 is 22.7 Å². The van der Waals surface area contributed by atoms with E-state index in [1.54, 1.807) is 25.7 Å². The Bertz CT molecular complexity index is 784. The van der Waals surface area contributed by atoms with E-state index in [1.807, 2.05) is 6.92 Å². The largest absolute Gasteiger partial charge is 0.444 e. The molecule has 0 saturated carbocycles. The smallest absolute Gasteiger partial charge is 0.410 e. The number of piperazine rings is 1. The second-order valence-electron chi connectivity index (χ2n) is 8.51. The zero-order chi connectivity index (χ0) is 21.3. The molecule has 2 aliphatic heterocycles. The minimum absolute atomic E-state index is 0.0651. The van der Waals surface area contributed by atoms with E-state index in [4.69, 9.17) is 10.1 Å². The van der Waals surface area contributed by atoms with E-state index >= 15 is 0 Å². The Balaban J connectivity index is 2.22. The van der Waals surface area contributed by atoms with Crippen molar-refractivity contribution in [2.24, 2.45) is 5.92 Å². The number of amides is 2. The van der Waals surface area contributed by atoms with Gasteiger partial charge in [-0.3, -0.25) is 9.69 Å². The Morgan fingerprint density at radius 3 is 2.57 bits per heavy atom. The van der Waals surface area contributed by atoms with Gasteiger partial charge < -0.3 is 20.4 Å². The Morgan fingerprint density at radius 2 is 2.04 bits per heavy atom. The number of likely N-dealkylation sites (tertiary alicyclic amines) is 1. The van der Waals surface area contributed by atoms with E-state index < -0.39 is 21.5 Å². The lowest BCUT2D eigenvalue weighted by Gasteiger charge is -2.38. The molecule has 2 saturated heterocycles. The number of allylic oxidation sites excluding steroid dienone is 1. The Morgan fingerprint density at radius 1 is 1.39 bits per heavy atom. The van der Waals surface area contributed by atoms with Crippen LogP contribution in [0.5, 0.6) is 0 Å². The van der Waals surface area contributed by atoms with Crippen LogP contribution in [0.2, 0.25) is 0 Å². The first-order chi connectivity index (χ1) is 12.8. The van der Waals surface area contributed by atoms with Crippen LogP contribution in [0.25, 0.3) is 0 Å². The van der Waals surface area contributed by atoms with Crippen LogP contribution in [0.1, 0.15) is 34.1 Å². The maximum absolute atomic E-state index is 12.5. The van der Waals surface area contributed by atoms with Gasteiger partial charge in [-0.2, -0.15) is 0 Å². The summed E-state index contributed by atoms with van der Waals surface area (Å²) in [6.07, 6.45) is 1.90. The zero-order valence-electron chi connectivity index (χ0n) is 17.1. The third-order valence-electron chi connectivity index (χ3n) is 4.58. The fourth-order valence-corrected chi connectivity index (χ4v) is 4.46. The number of nitrogens with zero attached hydrogens (tertiary/aromatic N) is 2. The molecule has 0 aromatic rings. The fraction of sp³-hybridized carbons (Fsp3) is 0.722. The lowest BCUT2D eigenvalue weighted by atomic mass is 10.1. The lowest BCUT2D eigenvalue weighted by molar-refractivity contribution is -0.125. The van der Waals surface area contributed by atoms with Gasteiger partial charge in [-0.15, -0.1) is 0 Å². The van der Waals surface area contributed by atoms with E-state index in [0.717, 1.165) is 12.5 Å². The maximum atomic E-state index is 12.5. The Labute approximate surface area is 166 Å². The molecule has 2 amide bonds. The van der Waals surface area contributed by atoms with Crippen LogP contribution in [0.4, 0.5) is 4.79 Å². The van der Waals surface area contributed by atoms with Crippen LogP contribution < -0.4 is 5.32 Å². The van der Waals surface area contributed by atoms with Gasteiger partial charge in [-0.25, -0.2) is 13.2 Å². The van der Waals surface area contributed by atoms with Crippen molar-refractivity contribution in [3.8, 4) is 0 Å². The number of nitrogens with one attached hydrogen (secondary N) is 2. The van der Waals surface area contributed by atoms with Gasteiger partial charge in [-0.1, -0.05) is 0 Å². The summed E-state index contributed by atoms with van der Waals surface area (Å²) in [5.41, 5.74) is 0.313. The van der Waals surface area contributed by atoms with Gasteiger partial charge in [0, 0.05) is 38.0 Å². The molecule has 0 radical (unpaired) electrons. The van der Waals surface area contributed by atoms with Gasteiger partial charge in [0.15, 0.2) is 0 Å². The number of sulfone groups is 1. The second kappa shape index (κ2) is 8.10. The van der Waals surface area contributed by atoms with E-state index in [1.165, 1.54) is 4.90 Å². The van der Waals surface area contributed by atoms with E-state index in [0.29, 0.717) is 17.9 Å². The first-order valence-corrected chi connectivity index (χ1v) is 11.3.